The van der Waals surface area contributed by atoms with Crippen LogP contribution < -0.4 is 5.73 Å². The van der Waals surface area contributed by atoms with Gasteiger partial charge in [-0.3, -0.25) is 4.79 Å². The number of nitrogens with two attached hydrogens (primary N) is 1. The molecule has 3 nitrogen and oxygen atoms in total. The average Bonchev–Trinajstić information content (AvgIpc) is 3.16. The van der Waals surface area contributed by atoms with Gasteiger partial charge in [-0.2, -0.15) is 0 Å². The number of nitrogens with zero attached hydrogens (tertiary/aromatic N) is 1. The van der Waals surface area contributed by atoms with E-state index in [1.54, 1.807) is 0 Å². The summed E-state index contributed by atoms with van der Waals surface area (Å²) in [6, 6.07) is 8.72. The maximum atomic E-state index is 13.0. The zero-order chi connectivity index (χ0) is 14.8. The Labute approximate surface area is 140 Å². The van der Waals surface area contributed by atoms with Crippen LogP contribution >= 0.6 is 22.6 Å². The van der Waals surface area contributed by atoms with Gasteiger partial charge >= 0.3 is 0 Å². The molecule has 1 aromatic carbocycles. The molecule has 1 aliphatic carbocycles. The molecule has 1 heterocycles. The van der Waals surface area contributed by atoms with Crippen molar-refractivity contribution < 1.29 is 4.79 Å². The van der Waals surface area contributed by atoms with Crippen molar-refractivity contribution in [2.75, 3.05) is 13.1 Å². The molecule has 3 rings (SSSR count). The van der Waals surface area contributed by atoms with Gasteiger partial charge in [-0.1, -0.05) is 24.6 Å². The molecule has 0 bridgehead atoms. The van der Waals surface area contributed by atoms with Crippen LogP contribution in [0.5, 0.6) is 0 Å². The van der Waals surface area contributed by atoms with E-state index >= 15 is 0 Å². The zero-order valence-electron chi connectivity index (χ0n) is 12.3. The maximum absolute atomic E-state index is 13.0. The Balaban J connectivity index is 1.81. The van der Waals surface area contributed by atoms with Gasteiger partial charge in [0.05, 0.1) is 6.04 Å². The SMILES string of the molecule is NC[C@H]1CCC[C@H]1C(=O)N1CCCC1c1ccccc1I. The van der Waals surface area contributed by atoms with Crippen LogP contribution in [-0.4, -0.2) is 23.9 Å². The van der Waals surface area contributed by atoms with E-state index in [2.05, 4.69) is 51.8 Å². The zero-order valence-corrected chi connectivity index (χ0v) is 14.5. The number of halogens is 1. The standard InChI is InChI=1S/C17H23IN2O/c18-15-8-2-1-6-14(15)16-9-4-10-20(16)17(21)13-7-3-5-12(13)11-19/h1-2,6,8,12-13,16H,3-5,7,9-11,19H2/t12-,13-,16?/m1/s1. The van der Waals surface area contributed by atoms with Crippen LogP contribution in [0.3, 0.4) is 0 Å². The Hall–Kier alpha value is -0.620. The monoisotopic (exact) mass is 398 g/mol. The van der Waals surface area contributed by atoms with Crippen LogP contribution in [0.2, 0.25) is 0 Å². The largest absolute Gasteiger partial charge is 0.335 e. The van der Waals surface area contributed by atoms with Crippen LogP contribution in [0.4, 0.5) is 0 Å². The van der Waals surface area contributed by atoms with Crippen molar-refractivity contribution in [3.05, 3.63) is 33.4 Å². The highest BCUT2D eigenvalue weighted by Crippen LogP contribution is 2.39. The lowest BCUT2D eigenvalue weighted by atomic mass is 9.94. The third kappa shape index (κ3) is 2.97. The fraction of sp³-hybridized carbons (Fsp3) is 0.588. The van der Waals surface area contributed by atoms with Crippen LogP contribution in [0.25, 0.3) is 0 Å². The van der Waals surface area contributed by atoms with Gasteiger partial charge in [-0.15, -0.1) is 0 Å². The number of hydrogen-bond donors (Lipinski definition) is 1. The van der Waals surface area contributed by atoms with Crippen molar-refractivity contribution in [1.29, 1.82) is 0 Å². The van der Waals surface area contributed by atoms with E-state index in [0.717, 1.165) is 38.6 Å². The Bertz CT molecular complexity index is 519. The Kier molecular flexibility index (Phi) is 4.84. The molecule has 4 heteroatoms. The smallest absolute Gasteiger partial charge is 0.226 e. The fourth-order valence-corrected chi connectivity index (χ4v) is 4.70. The highest BCUT2D eigenvalue weighted by atomic mass is 127. The summed E-state index contributed by atoms with van der Waals surface area (Å²) >= 11 is 2.39. The summed E-state index contributed by atoms with van der Waals surface area (Å²) < 4.78 is 1.27. The lowest BCUT2D eigenvalue weighted by molar-refractivity contribution is -0.137. The Morgan fingerprint density at radius 1 is 1.24 bits per heavy atom. The van der Waals surface area contributed by atoms with E-state index in [4.69, 9.17) is 5.73 Å². The summed E-state index contributed by atoms with van der Waals surface area (Å²) in [5, 5.41) is 0. The first-order valence-corrected chi connectivity index (χ1v) is 9.05. The molecule has 1 aromatic rings. The van der Waals surface area contributed by atoms with E-state index < -0.39 is 0 Å². The van der Waals surface area contributed by atoms with Gasteiger partial charge in [0.2, 0.25) is 5.91 Å². The molecule has 1 saturated carbocycles. The second-order valence-corrected chi connectivity index (χ2v) is 7.41. The molecule has 1 saturated heterocycles. The summed E-state index contributed by atoms with van der Waals surface area (Å²) in [7, 11) is 0. The van der Waals surface area contributed by atoms with Gasteiger partial charge in [0.15, 0.2) is 0 Å². The minimum atomic E-state index is 0.164. The summed E-state index contributed by atoms with van der Waals surface area (Å²) in [6.07, 6.45) is 5.50. The summed E-state index contributed by atoms with van der Waals surface area (Å²) in [5.74, 6) is 0.913. The van der Waals surface area contributed by atoms with E-state index in [1.165, 1.54) is 9.13 Å². The molecule has 3 atom stereocenters. The number of carbonyl (C=O) groups is 1. The topological polar surface area (TPSA) is 46.3 Å². The van der Waals surface area contributed by atoms with E-state index in [9.17, 15) is 4.79 Å². The summed E-state index contributed by atoms with van der Waals surface area (Å²) in [6.45, 7) is 1.56. The second-order valence-electron chi connectivity index (χ2n) is 6.24. The quantitative estimate of drug-likeness (QED) is 0.795. The predicted octanol–water partition coefficient (Wildman–Crippen LogP) is 3.33. The van der Waals surface area contributed by atoms with Crippen LogP contribution in [0.1, 0.15) is 43.7 Å². The number of amides is 1. The minimum Gasteiger partial charge on any atom is -0.335 e. The Morgan fingerprint density at radius 2 is 2.05 bits per heavy atom. The van der Waals surface area contributed by atoms with Crippen molar-refractivity contribution in [3.8, 4) is 0 Å². The molecule has 114 valence electrons. The molecule has 0 radical (unpaired) electrons. The molecule has 1 unspecified atom stereocenters. The van der Waals surface area contributed by atoms with Crippen molar-refractivity contribution in [2.24, 2.45) is 17.6 Å². The van der Waals surface area contributed by atoms with Gasteiger partial charge in [0.1, 0.15) is 0 Å². The second kappa shape index (κ2) is 6.65. The van der Waals surface area contributed by atoms with Gasteiger partial charge in [-0.05, 0) is 72.4 Å². The molecule has 21 heavy (non-hydrogen) atoms. The van der Waals surface area contributed by atoms with Crippen molar-refractivity contribution >= 4 is 28.5 Å². The highest BCUT2D eigenvalue weighted by Gasteiger charge is 2.39. The molecule has 1 amide bonds. The third-order valence-electron chi connectivity index (χ3n) is 5.08. The number of rotatable bonds is 3. The minimum absolute atomic E-state index is 0.164. The normalized spacial score (nSPS) is 29.0. The number of benzene rings is 1. The molecule has 0 spiro atoms. The third-order valence-corrected chi connectivity index (χ3v) is 6.06. The molecule has 1 aliphatic heterocycles. The van der Waals surface area contributed by atoms with Gasteiger partial charge < -0.3 is 10.6 Å². The van der Waals surface area contributed by atoms with Gasteiger partial charge in [0, 0.05) is 16.0 Å². The van der Waals surface area contributed by atoms with Crippen molar-refractivity contribution in [1.82, 2.24) is 4.90 Å². The average molecular weight is 398 g/mol. The van der Waals surface area contributed by atoms with E-state index in [0.29, 0.717) is 18.4 Å². The molecule has 2 N–H and O–H groups in total. The number of carbonyl (C=O) groups excluding carboxylic acids is 1. The first-order valence-electron chi connectivity index (χ1n) is 7.97. The lowest BCUT2D eigenvalue weighted by Gasteiger charge is -2.30. The number of hydrogen-bond acceptors (Lipinski definition) is 2. The first-order chi connectivity index (χ1) is 10.2. The first kappa shape index (κ1) is 15.3. The fourth-order valence-electron chi connectivity index (χ4n) is 3.96. The van der Waals surface area contributed by atoms with Gasteiger partial charge in [-0.25, -0.2) is 0 Å². The highest BCUT2D eigenvalue weighted by molar-refractivity contribution is 14.1. The van der Waals surface area contributed by atoms with Crippen LogP contribution in [-0.2, 0) is 4.79 Å². The van der Waals surface area contributed by atoms with Crippen LogP contribution in [0.15, 0.2) is 24.3 Å². The molecular weight excluding hydrogens is 375 g/mol. The van der Waals surface area contributed by atoms with Crippen molar-refractivity contribution in [3.63, 3.8) is 0 Å². The molecule has 2 aliphatic rings. The Morgan fingerprint density at radius 3 is 2.81 bits per heavy atom. The van der Waals surface area contributed by atoms with Crippen LogP contribution in [0, 0.1) is 15.4 Å². The molecule has 2 fully saturated rings. The van der Waals surface area contributed by atoms with E-state index in [-0.39, 0.29) is 12.0 Å². The lowest BCUT2D eigenvalue weighted by Crippen LogP contribution is -2.38. The van der Waals surface area contributed by atoms with Crippen molar-refractivity contribution in [2.45, 2.75) is 38.1 Å². The van der Waals surface area contributed by atoms with E-state index in [1.807, 2.05) is 0 Å². The molecular formula is C17H23IN2O. The predicted molar refractivity (Wildman–Crippen MR) is 92.7 cm³/mol. The molecule has 0 aromatic heterocycles. The number of likely N-dealkylation sites (tertiary alicyclic amines) is 1. The van der Waals surface area contributed by atoms with Gasteiger partial charge in [0.25, 0.3) is 0 Å². The summed E-state index contributed by atoms with van der Waals surface area (Å²) in [5.41, 5.74) is 7.17. The summed E-state index contributed by atoms with van der Waals surface area (Å²) in [4.78, 5) is 15.1. The maximum Gasteiger partial charge on any atom is 0.226 e.